The molecule has 0 aromatic rings. The van der Waals surface area contributed by atoms with E-state index < -0.39 is 8.32 Å². The molecule has 37 heavy (non-hydrogen) atoms. The van der Waals surface area contributed by atoms with E-state index in [1.54, 1.807) is 0 Å². The van der Waals surface area contributed by atoms with Gasteiger partial charge in [-0.25, -0.2) is 0 Å². The third-order valence-corrected chi connectivity index (χ3v) is 10.2. The van der Waals surface area contributed by atoms with Crippen LogP contribution in [0.25, 0.3) is 0 Å². The second-order valence-corrected chi connectivity index (χ2v) is 14.5. The molecule has 224 valence electrons. The molecule has 0 saturated carbocycles. The van der Waals surface area contributed by atoms with Crippen LogP contribution in [-0.4, -0.2) is 134 Å². The van der Waals surface area contributed by atoms with Gasteiger partial charge in [0.05, 0.1) is 119 Å². The summed E-state index contributed by atoms with van der Waals surface area (Å²) in [6, 6.07) is 0. The molecule has 0 aliphatic heterocycles. The molecule has 0 rings (SSSR count). The molecule has 0 spiro atoms. The highest BCUT2D eigenvalue weighted by Gasteiger charge is 2.36. The van der Waals surface area contributed by atoms with Crippen LogP contribution < -0.4 is 0 Å². The van der Waals surface area contributed by atoms with Gasteiger partial charge in [0.25, 0.3) is 0 Å². The largest absolute Gasteiger partial charge is 0.414 e. The lowest BCUT2D eigenvalue weighted by Gasteiger charge is -2.36. The summed E-state index contributed by atoms with van der Waals surface area (Å²) in [6.45, 7) is 23.9. The quantitative estimate of drug-likeness (QED) is 0.101. The summed E-state index contributed by atoms with van der Waals surface area (Å²) in [5.74, 6) is 0. The Hall–Kier alpha value is -0.183. The summed E-state index contributed by atoms with van der Waals surface area (Å²) in [4.78, 5) is 0. The molecule has 0 heterocycles. The third kappa shape index (κ3) is 25.8. The molecule has 0 N–H and O–H groups in total. The van der Waals surface area contributed by atoms with Gasteiger partial charge in [0.2, 0.25) is 0 Å². The Morgan fingerprint density at radius 3 is 0.811 bits per heavy atom. The van der Waals surface area contributed by atoms with Gasteiger partial charge >= 0.3 is 0 Å². The summed E-state index contributed by atoms with van der Waals surface area (Å²) in [5, 5.41) is 0.224. The summed E-state index contributed by atoms with van der Waals surface area (Å²) in [6.07, 6.45) is 0. The molecule has 0 atom stereocenters. The molecule has 0 aliphatic carbocycles. The smallest absolute Gasteiger partial charge is 0.192 e. The summed E-state index contributed by atoms with van der Waals surface area (Å²) < 4.78 is 55.0. The van der Waals surface area contributed by atoms with Crippen molar-refractivity contribution >= 4 is 8.32 Å². The lowest BCUT2D eigenvalue weighted by atomic mass is 10.2. The van der Waals surface area contributed by atoms with Crippen LogP contribution in [0.4, 0.5) is 0 Å². The third-order valence-electron chi connectivity index (χ3n) is 5.68. The first-order valence-electron chi connectivity index (χ1n) is 13.6. The van der Waals surface area contributed by atoms with E-state index >= 15 is 0 Å². The van der Waals surface area contributed by atoms with Crippen molar-refractivity contribution < 1.29 is 47.1 Å². The minimum atomic E-state index is -1.69. The second kappa shape index (κ2) is 26.1. The van der Waals surface area contributed by atoms with Gasteiger partial charge in [0, 0.05) is 6.61 Å². The molecule has 0 amide bonds. The minimum absolute atomic E-state index is 0.224. The van der Waals surface area contributed by atoms with E-state index in [1.807, 2.05) is 6.92 Å². The van der Waals surface area contributed by atoms with E-state index in [1.165, 1.54) is 0 Å². The first-order chi connectivity index (χ1) is 17.8. The first kappa shape index (κ1) is 36.8. The number of rotatable bonds is 29. The van der Waals surface area contributed by atoms with Gasteiger partial charge in [-0.3, -0.25) is 0 Å². The zero-order valence-corrected chi connectivity index (χ0v) is 25.5. The Balaban J connectivity index is 3.13. The van der Waals surface area contributed by atoms with Crippen LogP contribution in [0.15, 0.2) is 0 Å². The van der Waals surface area contributed by atoms with Crippen molar-refractivity contribution in [2.75, 3.05) is 126 Å². The molecular weight excluding hydrogens is 500 g/mol. The van der Waals surface area contributed by atoms with E-state index in [0.717, 1.165) is 0 Å². The van der Waals surface area contributed by atoms with E-state index in [0.29, 0.717) is 126 Å². The zero-order valence-electron chi connectivity index (χ0n) is 24.5. The highest BCUT2D eigenvalue weighted by Crippen LogP contribution is 2.36. The highest BCUT2D eigenvalue weighted by molar-refractivity contribution is 6.74. The summed E-state index contributed by atoms with van der Waals surface area (Å²) in [5.41, 5.74) is 0. The van der Waals surface area contributed by atoms with E-state index in [9.17, 15) is 0 Å². The fourth-order valence-corrected chi connectivity index (χ4v) is 3.50. The van der Waals surface area contributed by atoms with Crippen molar-refractivity contribution in [3.8, 4) is 0 Å². The van der Waals surface area contributed by atoms with Crippen molar-refractivity contribution in [1.29, 1.82) is 0 Å². The van der Waals surface area contributed by atoms with Gasteiger partial charge in [-0.1, -0.05) is 20.8 Å². The fourth-order valence-electron chi connectivity index (χ4n) is 2.48. The molecule has 0 fully saturated rings. The molecule has 0 radical (unpaired) electrons. The second-order valence-electron chi connectivity index (χ2n) is 9.70. The van der Waals surface area contributed by atoms with Crippen LogP contribution in [0.2, 0.25) is 18.1 Å². The molecule has 0 aliphatic rings. The van der Waals surface area contributed by atoms with Gasteiger partial charge in [-0.2, -0.15) is 0 Å². The van der Waals surface area contributed by atoms with Crippen molar-refractivity contribution in [3.05, 3.63) is 0 Å². The first-order valence-corrected chi connectivity index (χ1v) is 16.6. The molecule has 0 aromatic heterocycles. The standard InChI is InChI=1S/C26H56O10Si/c1-7-27-8-9-28-10-11-29-12-13-30-14-15-31-16-17-32-18-19-33-20-21-34-22-23-35-24-25-36-37(5,6)26(2,3)4/h7-25H2,1-6H3. The average Bonchev–Trinajstić information content (AvgIpc) is 2.85. The Labute approximate surface area is 227 Å². The molecule has 0 unspecified atom stereocenters. The van der Waals surface area contributed by atoms with Crippen LogP contribution >= 0.6 is 0 Å². The predicted octanol–water partition coefficient (Wildman–Crippen LogP) is 3.18. The van der Waals surface area contributed by atoms with Crippen molar-refractivity contribution in [2.45, 2.75) is 45.8 Å². The molecular formula is C26H56O10Si. The van der Waals surface area contributed by atoms with Gasteiger partial charge in [-0.15, -0.1) is 0 Å². The lowest BCUT2D eigenvalue weighted by Crippen LogP contribution is -2.41. The number of ether oxygens (including phenoxy) is 9. The minimum Gasteiger partial charge on any atom is -0.414 e. The highest BCUT2D eigenvalue weighted by atomic mass is 28.4. The van der Waals surface area contributed by atoms with Crippen molar-refractivity contribution in [2.24, 2.45) is 0 Å². The molecule has 0 saturated heterocycles. The van der Waals surface area contributed by atoms with Gasteiger partial charge in [0.1, 0.15) is 0 Å². The SMILES string of the molecule is CCOCCOCCOCCOCCOCCOCCOCCOCCOCCO[Si](C)(C)C(C)(C)C. The Bertz CT molecular complexity index is 463. The Kier molecular flexibility index (Phi) is 25.9. The molecule has 0 bridgehead atoms. The van der Waals surface area contributed by atoms with Crippen LogP contribution in [0.5, 0.6) is 0 Å². The Morgan fingerprint density at radius 2 is 0.595 bits per heavy atom. The molecule has 0 aromatic carbocycles. The van der Waals surface area contributed by atoms with Gasteiger partial charge in [-0.05, 0) is 25.1 Å². The molecule has 10 nitrogen and oxygen atoms in total. The maximum Gasteiger partial charge on any atom is 0.192 e. The Morgan fingerprint density at radius 1 is 0.378 bits per heavy atom. The maximum absolute atomic E-state index is 6.07. The van der Waals surface area contributed by atoms with Crippen LogP contribution in [0.1, 0.15) is 27.7 Å². The average molecular weight is 557 g/mol. The van der Waals surface area contributed by atoms with E-state index in [2.05, 4.69) is 33.9 Å². The fraction of sp³-hybridized carbons (Fsp3) is 1.00. The summed E-state index contributed by atoms with van der Waals surface area (Å²) >= 11 is 0. The van der Waals surface area contributed by atoms with E-state index in [4.69, 9.17) is 47.1 Å². The predicted molar refractivity (Wildman–Crippen MR) is 146 cm³/mol. The van der Waals surface area contributed by atoms with Crippen LogP contribution in [-0.2, 0) is 47.1 Å². The zero-order chi connectivity index (χ0) is 27.5. The van der Waals surface area contributed by atoms with Crippen LogP contribution in [0.3, 0.4) is 0 Å². The topological polar surface area (TPSA) is 92.3 Å². The maximum atomic E-state index is 6.07. The van der Waals surface area contributed by atoms with Crippen molar-refractivity contribution in [3.63, 3.8) is 0 Å². The van der Waals surface area contributed by atoms with Gasteiger partial charge < -0.3 is 47.1 Å². The summed E-state index contributed by atoms with van der Waals surface area (Å²) in [7, 11) is -1.69. The molecule has 11 heteroatoms. The van der Waals surface area contributed by atoms with Crippen molar-refractivity contribution in [1.82, 2.24) is 0 Å². The normalized spacial score (nSPS) is 12.5. The van der Waals surface area contributed by atoms with Gasteiger partial charge in [0.15, 0.2) is 8.32 Å². The van der Waals surface area contributed by atoms with E-state index in [-0.39, 0.29) is 5.04 Å². The lowest BCUT2D eigenvalue weighted by molar-refractivity contribution is -0.0252. The van der Waals surface area contributed by atoms with Crippen LogP contribution in [0, 0.1) is 0 Å². The number of hydrogen-bond acceptors (Lipinski definition) is 10. The monoisotopic (exact) mass is 556 g/mol. The number of hydrogen-bond donors (Lipinski definition) is 0.